The average Bonchev–Trinajstić information content (AvgIpc) is 2.73. The minimum atomic E-state index is -0.582. The van der Waals surface area contributed by atoms with E-state index in [1.807, 2.05) is 6.07 Å². The second kappa shape index (κ2) is 9.25. The fourth-order valence-corrected chi connectivity index (χ4v) is 2.54. The molecule has 0 aliphatic heterocycles. The van der Waals surface area contributed by atoms with Crippen LogP contribution in [0.25, 0.3) is 17.7 Å². The number of nitriles is 1. The minimum absolute atomic E-state index is 0.190. The monoisotopic (exact) mass is 387 g/mol. The van der Waals surface area contributed by atoms with Gasteiger partial charge in [-0.1, -0.05) is 42.5 Å². The summed E-state index contributed by atoms with van der Waals surface area (Å²) in [6, 6.07) is 20.2. The SMILES string of the molecule is N#C/C(=C/c1ccc(OC(=O)/C=C/c2ccc(F)cc2)cc1)c1ccccc1F. The zero-order chi connectivity index (χ0) is 20.6. The van der Waals surface area contributed by atoms with Crippen molar-refractivity contribution in [3.8, 4) is 11.8 Å². The van der Waals surface area contributed by atoms with E-state index in [0.29, 0.717) is 16.9 Å². The van der Waals surface area contributed by atoms with Crippen LogP contribution in [0.15, 0.2) is 78.9 Å². The third kappa shape index (κ3) is 5.47. The van der Waals surface area contributed by atoms with Gasteiger partial charge in [0.1, 0.15) is 17.4 Å². The molecule has 3 nitrogen and oxygen atoms in total. The second-order valence-electron chi connectivity index (χ2n) is 6.02. The Morgan fingerprint density at radius 3 is 2.21 bits per heavy atom. The molecule has 3 aromatic carbocycles. The number of carbonyl (C=O) groups excluding carboxylic acids is 1. The van der Waals surface area contributed by atoms with E-state index in [1.165, 1.54) is 36.4 Å². The largest absolute Gasteiger partial charge is 0.423 e. The van der Waals surface area contributed by atoms with E-state index in [1.54, 1.807) is 54.6 Å². The van der Waals surface area contributed by atoms with Crippen molar-refractivity contribution in [2.45, 2.75) is 0 Å². The number of benzene rings is 3. The van der Waals surface area contributed by atoms with Crippen LogP contribution in [0.5, 0.6) is 5.75 Å². The minimum Gasteiger partial charge on any atom is -0.423 e. The molecule has 3 rings (SSSR count). The third-order valence-electron chi connectivity index (χ3n) is 3.98. The maximum atomic E-state index is 13.9. The van der Waals surface area contributed by atoms with Crippen LogP contribution in [0.2, 0.25) is 0 Å². The van der Waals surface area contributed by atoms with Crippen LogP contribution in [0.4, 0.5) is 8.78 Å². The number of carbonyl (C=O) groups is 1. The molecule has 5 heteroatoms. The molecule has 0 saturated heterocycles. The van der Waals surface area contributed by atoms with E-state index >= 15 is 0 Å². The van der Waals surface area contributed by atoms with E-state index in [-0.39, 0.29) is 17.0 Å². The van der Waals surface area contributed by atoms with Crippen LogP contribution in [0.3, 0.4) is 0 Å². The predicted molar refractivity (Wildman–Crippen MR) is 107 cm³/mol. The highest BCUT2D eigenvalue weighted by Crippen LogP contribution is 2.22. The Kier molecular flexibility index (Phi) is 6.29. The van der Waals surface area contributed by atoms with Crippen molar-refractivity contribution in [2.75, 3.05) is 0 Å². The average molecular weight is 387 g/mol. The van der Waals surface area contributed by atoms with Gasteiger partial charge in [-0.05, 0) is 53.6 Å². The van der Waals surface area contributed by atoms with Gasteiger partial charge in [-0.15, -0.1) is 0 Å². The zero-order valence-electron chi connectivity index (χ0n) is 15.2. The molecular formula is C24H15F2NO2. The van der Waals surface area contributed by atoms with E-state index in [2.05, 4.69) is 0 Å². The second-order valence-corrected chi connectivity index (χ2v) is 6.02. The van der Waals surface area contributed by atoms with Crippen LogP contribution in [-0.4, -0.2) is 5.97 Å². The van der Waals surface area contributed by atoms with Crippen molar-refractivity contribution >= 4 is 23.7 Å². The first-order valence-electron chi connectivity index (χ1n) is 8.67. The molecule has 29 heavy (non-hydrogen) atoms. The zero-order valence-corrected chi connectivity index (χ0v) is 15.2. The molecule has 0 bridgehead atoms. The van der Waals surface area contributed by atoms with Crippen LogP contribution < -0.4 is 4.74 Å². The van der Waals surface area contributed by atoms with Gasteiger partial charge in [0.2, 0.25) is 0 Å². The van der Waals surface area contributed by atoms with Crippen molar-refractivity contribution in [3.63, 3.8) is 0 Å². The first-order valence-corrected chi connectivity index (χ1v) is 8.67. The molecule has 0 spiro atoms. The standard InChI is InChI=1S/C24H15F2NO2/c25-20-10-5-17(6-11-20)9-14-24(28)29-21-12-7-18(8-13-21)15-19(16-27)22-3-1-2-4-23(22)26/h1-15H/b14-9+,19-15-. The van der Waals surface area contributed by atoms with Gasteiger partial charge in [-0.25, -0.2) is 13.6 Å². The number of rotatable bonds is 5. The van der Waals surface area contributed by atoms with Crippen LogP contribution in [0, 0.1) is 23.0 Å². The third-order valence-corrected chi connectivity index (χ3v) is 3.98. The number of allylic oxidation sites excluding steroid dienone is 1. The summed E-state index contributed by atoms with van der Waals surface area (Å²) in [4.78, 5) is 11.9. The lowest BCUT2D eigenvalue weighted by molar-refractivity contribution is -0.128. The Hall–Kier alpha value is -4.04. The Morgan fingerprint density at radius 1 is 0.897 bits per heavy atom. The topological polar surface area (TPSA) is 50.1 Å². The first kappa shape index (κ1) is 19.7. The lowest BCUT2D eigenvalue weighted by atomic mass is 10.0. The number of halogens is 2. The van der Waals surface area contributed by atoms with Crippen LogP contribution in [0.1, 0.15) is 16.7 Å². The van der Waals surface area contributed by atoms with Gasteiger partial charge in [0.15, 0.2) is 0 Å². The van der Waals surface area contributed by atoms with Crippen molar-refractivity contribution in [2.24, 2.45) is 0 Å². The molecule has 3 aromatic rings. The highest BCUT2D eigenvalue weighted by Gasteiger charge is 2.07. The Balaban J connectivity index is 1.68. The number of hydrogen-bond acceptors (Lipinski definition) is 3. The van der Waals surface area contributed by atoms with Gasteiger partial charge in [-0.2, -0.15) is 5.26 Å². The highest BCUT2D eigenvalue weighted by molar-refractivity contribution is 5.90. The van der Waals surface area contributed by atoms with Crippen molar-refractivity contribution in [1.82, 2.24) is 0 Å². The summed E-state index contributed by atoms with van der Waals surface area (Å²) in [7, 11) is 0. The van der Waals surface area contributed by atoms with Crippen molar-refractivity contribution < 1.29 is 18.3 Å². The number of esters is 1. The van der Waals surface area contributed by atoms with Crippen LogP contribution in [-0.2, 0) is 4.79 Å². The molecule has 0 aliphatic rings. The smallest absolute Gasteiger partial charge is 0.336 e. The molecule has 0 fully saturated rings. The lowest BCUT2D eigenvalue weighted by Gasteiger charge is -2.04. The Labute approximate surface area is 166 Å². The summed E-state index contributed by atoms with van der Waals surface area (Å²) < 4.78 is 31.9. The first-order chi connectivity index (χ1) is 14.0. The molecule has 0 aromatic heterocycles. The molecule has 0 amide bonds. The molecular weight excluding hydrogens is 372 g/mol. The van der Waals surface area contributed by atoms with Gasteiger partial charge >= 0.3 is 5.97 Å². The van der Waals surface area contributed by atoms with Gasteiger partial charge < -0.3 is 4.74 Å². The molecule has 0 unspecified atom stereocenters. The summed E-state index contributed by atoms with van der Waals surface area (Å²) in [5, 5.41) is 9.32. The fraction of sp³-hybridized carbons (Fsp3) is 0. The Bertz CT molecular complexity index is 1110. The van der Waals surface area contributed by atoms with E-state index < -0.39 is 11.8 Å². The predicted octanol–water partition coefficient (Wildman–Crippen LogP) is 5.65. The van der Waals surface area contributed by atoms with Crippen LogP contribution >= 0.6 is 0 Å². The summed E-state index contributed by atoms with van der Waals surface area (Å²) in [6.07, 6.45) is 4.32. The van der Waals surface area contributed by atoms with Gasteiger partial charge in [0.05, 0.1) is 11.6 Å². The lowest BCUT2D eigenvalue weighted by Crippen LogP contribution is -2.03. The maximum absolute atomic E-state index is 13.9. The molecule has 0 aliphatic carbocycles. The van der Waals surface area contributed by atoms with Gasteiger partial charge in [0, 0.05) is 11.6 Å². The summed E-state index contributed by atoms with van der Waals surface area (Å²) in [5.74, 6) is -1.09. The summed E-state index contributed by atoms with van der Waals surface area (Å²) in [6.45, 7) is 0. The highest BCUT2D eigenvalue weighted by atomic mass is 19.1. The normalized spacial score (nSPS) is 11.3. The summed E-state index contributed by atoms with van der Waals surface area (Å²) in [5.41, 5.74) is 1.74. The van der Waals surface area contributed by atoms with E-state index in [4.69, 9.17) is 4.74 Å². The number of hydrogen-bond donors (Lipinski definition) is 0. The number of ether oxygens (including phenoxy) is 1. The molecule has 0 saturated carbocycles. The molecule has 0 radical (unpaired) electrons. The fourth-order valence-electron chi connectivity index (χ4n) is 2.54. The Morgan fingerprint density at radius 2 is 1.55 bits per heavy atom. The molecule has 142 valence electrons. The molecule has 0 N–H and O–H groups in total. The van der Waals surface area contributed by atoms with Crippen molar-refractivity contribution in [1.29, 1.82) is 5.26 Å². The van der Waals surface area contributed by atoms with Gasteiger partial charge in [0.25, 0.3) is 0 Å². The molecule has 0 atom stereocenters. The summed E-state index contributed by atoms with van der Waals surface area (Å²) >= 11 is 0. The van der Waals surface area contributed by atoms with E-state index in [9.17, 15) is 18.8 Å². The quantitative estimate of drug-likeness (QED) is 0.187. The number of nitrogens with zero attached hydrogens (tertiary/aromatic N) is 1. The van der Waals surface area contributed by atoms with E-state index in [0.717, 1.165) is 0 Å². The maximum Gasteiger partial charge on any atom is 0.336 e. The van der Waals surface area contributed by atoms with Crippen molar-refractivity contribution in [3.05, 3.63) is 107 Å². The van der Waals surface area contributed by atoms with Gasteiger partial charge in [-0.3, -0.25) is 0 Å². The molecule has 0 heterocycles.